The molecule has 0 fully saturated rings. The van der Waals surface area contributed by atoms with Gasteiger partial charge in [-0.25, -0.2) is 0 Å². The van der Waals surface area contributed by atoms with Crippen LogP contribution in [0.5, 0.6) is 0 Å². The maximum Gasteiger partial charge on any atom is 0.0555 e. The van der Waals surface area contributed by atoms with E-state index < -0.39 is 0 Å². The van der Waals surface area contributed by atoms with Gasteiger partial charge in [-0.3, -0.25) is 0 Å². The average molecular weight is 147 g/mol. The van der Waals surface area contributed by atoms with Crippen LogP contribution in [0.1, 0.15) is 19.8 Å². The first-order valence-corrected chi connectivity index (χ1v) is 3.77. The van der Waals surface area contributed by atoms with Crippen LogP contribution < -0.4 is 5.32 Å². The zero-order valence-electron chi connectivity index (χ0n) is 6.51. The van der Waals surface area contributed by atoms with E-state index in [2.05, 4.69) is 5.32 Å². The molecule has 0 aliphatic rings. The molecule has 3 N–H and O–H groups in total. The molecule has 0 aromatic heterocycles. The Kier molecular flexibility index (Phi) is 6.91. The number of rotatable bonds is 6. The van der Waals surface area contributed by atoms with Gasteiger partial charge in [0, 0.05) is 6.54 Å². The third-order valence-electron chi connectivity index (χ3n) is 1.26. The second kappa shape index (κ2) is 6.99. The average Bonchev–Trinajstić information content (AvgIpc) is 1.87. The fourth-order valence-electron chi connectivity index (χ4n) is 0.727. The van der Waals surface area contributed by atoms with Crippen LogP contribution in [0.25, 0.3) is 0 Å². The normalized spacial score (nSPS) is 13.5. The Morgan fingerprint density at radius 3 is 2.60 bits per heavy atom. The van der Waals surface area contributed by atoms with Gasteiger partial charge in [-0.05, 0) is 26.3 Å². The van der Waals surface area contributed by atoms with Gasteiger partial charge in [-0.1, -0.05) is 0 Å². The molecule has 0 radical (unpaired) electrons. The molecule has 0 amide bonds. The number of aliphatic hydroxyl groups is 2. The van der Waals surface area contributed by atoms with Crippen molar-refractivity contribution in [2.45, 2.75) is 25.9 Å². The third kappa shape index (κ3) is 7.88. The second-order valence-electron chi connectivity index (χ2n) is 2.46. The van der Waals surface area contributed by atoms with Crippen molar-refractivity contribution in [1.29, 1.82) is 0 Å². The summed E-state index contributed by atoms with van der Waals surface area (Å²) in [6, 6.07) is 0. The highest BCUT2D eigenvalue weighted by Crippen LogP contribution is 1.92. The first kappa shape index (κ1) is 9.88. The van der Waals surface area contributed by atoms with Gasteiger partial charge in [0.25, 0.3) is 0 Å². The van der Waals surface area contributed by atoms with E-state index in [0.717, 1.165) is 19.4 Å². The van der Waals surface area contributed by atoms with E-state index in [0.29, 0.717) is 6.54 Å². The van der Waals surface area contributed by atoms with E-state index in [9.17, 15) is 0 Å². The van der Waals surface area contributed by atoms with E-state index >= 15 is 0 Å². The Bertz CT molecular complexity index is 66.6. The van der Waals surface area contributed by atoms with Gasteiger partial charge < -0.3 is 15.5 Å². The molecule has 0 aromatic carbocycles. The maximum absolute atomic E-state index is 8.83. The molecule has 62 valence electrons. The Balaban J connectivity index is 2.77. The Hall–Kier alpha value is -0.120. The van der Waals surface area contributed by atoms with Gasteiger partial charge in [0.05, 0.1) is 12.7 Å². The van der Waals surface area contributed by atoms with Gasteiger partial charge in [0.1, 0.15) is 0 Å². The van der Waals surface area contributed by atoms with E-state index in [1.165, 1.54) is 0 Å². The van der Waals surface area contributed by atoms with Gasteiger partial charge in [0.15, 0.2) is 0 Å². The van der Waals surface area contributed by atoms with Crippen LogP contribution in [0.2, 0.25) is 0 Å². The Morgan fingerprint density at radius 1 is 1.40 bits per heavy atom. The first-order valence-electron chi connectivity index (χ1n) is 3.77. The maximum atomic E-state index is 8.83. The van der Waals surface area contributed by atoms with Crippen molar-refractivity contribution in [3.63, 3.8) is 0 Å². The molecule has 0 heterocycles. The molecular formula is C7H17NO2. The van der Waals surface area contributed by atoms with Gasteiger partial charge in [0.2, 0.25) is 0 Å². The number of aliphatic hydroxyl groups excluding tert-OH is 2. The van der Waals surface area contributed by atoms with Gasteiger partial charge >= 0.3 is 0 Å². The Morgan fingerprint density at radius 2 is 2.10 bits per heavy atom. The topological polar surface area (TPSA) is 52.5 Å². The second-order valence-corrected chi connectivity index (χ2v) is 2.46. The molecule has 3 nitrogen and oxygen atoms in total. The molecule has 3 heteroatoms. The first-order chi connectivity index (χ1) is 4.77. The minimum absolute atomic E-state index is 0.189. The predicted molar refractivity (Wildman–Crippen MR) is 40.9 cm³/mol. The molecule has 0 aliphatic carbocycles. The van der Waals surface area contributed by atoms with Crippen molar-refractivity contribution in [2.75, 3.05) is 19.7 Å². The summed E-state index contributed by atoms with van der Waals surface area (Å²) in [5.41, 5.74) is 0. The van der Waals surface area contributed by atoms with Crippen molar-refractivity contribution >= 4 is 0 Å². The van der Waals surface area contributed by atoms with Gasteiger partial charge in [-0.2, -0.15) is 0 Å². The molecule has 0 saturated heterocycles. The molecule has 10 heavy (non-hydrogen) atoms. The summed E-state index contributed by atoms with van der Waals surface area (Å²) in [5.74, 6) is 0. The zero-order valence-corrected chi connectivity index (χ0v) is 6.51. The predicted octanol–water partition coefficient (Wildman–Crippen LogP) is -0.271. The van der Waals surface area contributed by atoms with Crippen LogP contribution in [-0.2, 0) is 0 Å². The fraction of sp³-hybridized carbons (Fsp3) is 1.00. The summed E-state index contributed by atoms with van der Waals surface area (Å²) in [4.78, 5) is 0. The van der Waals surface area contributed by atoms with Crippen LogP contribution in [0.3, 0.4) is 0 Å². The minimum Gasteiger partial charge on any atom is -0.395 e. The monoisotopic (exact) mass is 147 g/mol. The Labute approximate surface area is 62.1 Å². The molecule has 0 saturated carbocycles. The minimum atomic E-state index is -0.198. The highest BCUT2D eigenvalue weighted by molar-refractivity contribution is 4.50. The SMILES string of the molecule is CC(O)CCCNCCO. The fourth-order valence-corrected chi connectivity index (χ4v) is 0.727. The van der Waals surface area contributed by atoms with E-state index in [-0.39, 0.29) is 12.7 Å². The lowest BCUT2D eigenvalue weighted by Crippen LogP contribution is -2.20. The highest BCUT2D eigenvalue weighted by atomic mass is 16.3. The van der Waals surface area contributed by atoms with E-state index in [4.69, 9.17) is 10.2 Å². The summed E-state index contributed by atoms with van der Waals surface area (Å²) < 4.78 is 0. The van der Waals surface area contributed by atoms with Crippen LogP contribution in [0, 0.1) is 0 Å². The largest absolute Gasteiger partial charge is 0.395 e. The standard InChI is InChI=1S/C7H17NO2/c1-7(10)3-2-4-8-5-6-9/h7-10H,2-6H2,1H3. The number of nitrogens with one attached hydrogen (secondary N) is 1. The molecule has 1 unspecified atom stereocenters. The molecule has 1 atom stereocenters. The summed E-state index contributed by atoms with van der Waals surface area (Å²) in [6.07, 6.45) is 1.60. The molecule has 0 bridgehead atoms. The quantitative estimate of drug-likeness (QED) is 0.453. The lowest BCUT2D eigenvalue weighted by molar-refractivity contribution is 0.181. The molecule has 0 aromatic rings. The van der Waals surface area contributed by atoms with Gasteiger partial charge in [-0.15, -0.1) is 0 Å². The lowest BCUT2D eigenvalue weighted by atomic mass is 10.2. The molecule has 0 aliphatic heterocycles. The van der Waals surface area contributed by atoms with Crippen molar-refractivity contribution < 1.29 is 10.2 Å². The van der Waals surface area contributed by atoms with Crippen molar-refractivity contribution in [3.8, 4) is 0 Å². The van der Waals surface area contributed by atoms with Crippen LogP contribution in [0.15, 0.2) is 0 Å². The molecule has 0 rings (SSSR count). The van der Waals surface area contributed by atoms with E-state index in [1.54, 1.807) is 6.92 Å². The molecule has 0 spiro atoms. The van der Waals surface area contributed by atoms with E-state index in [1.807, 2.05) is 0 Å². The summed E-state index contributed by atoms with van der Waals surface area (Å²) in [6.45, 7) is 3.51. The lowest BCUT2D eigenvalue weighted by Gasteiger charge is -2.03. The summed E-state index contributed by atoms with van der Waals surface area (Å²) in [5, 5.41) is 20.2. The van der Waals surface area contributed by atoms with Crippen LogP contribution in [0.4, 0.5) is 0 Å². The van der Waals surface area contributed by atoms with Crippen molar-refractivity contribution in [2.24, 2.45) is 0 Å². The van der Waals surface area contributed by atoms with Crippen molar-refractivity contribution in [3.05, 3.63) is 0 Å². The highest BCUT2D eigenvalue weighted by Gasteiger charge is 1.93. The summed E-state index contributed by atoms with van der Waals surface area (Å²) in [7, 11) is 0. The third-order valence-corrected chi connectivity index (χ3v) is 1.26. The van der Waals surface area contributed by atoms with Crippen LogP contribution in [-0.4, -0.2) is 36.0 Å². The number of hydrogen-bond donors (Lipinski definition) is 3. The summed E-state index contributed by atoms with van der Waals surface area (Å²) >= 11 is 0. The smallest absolute Gasteiger partial charge is 0.0555 e. The zero-order chi connectivity index (χ0) is 7.82. The molecular weight excluding hydrogens is 130 g/mol. The number of hydrogen-bond acceptors (Lipinski definition) is 3. The van der Waals surface area contributed by atoms with Crippen LogP contribution >= 0.6 is 0 Å². The van der Waals surface area contributed by atoms with Crippen molar-refractivity contribution in [1.82, 2.24) is 5.32 Å².